The number of amides is 1. The summed E-state index contributed by atoms with van der Waals surface area (Å²) in [6, 6.07) is -0.925. The Kier molecular flexibility index (Phi) is 3.66. The second-order valence-electron chi connectivity index (χ2n) is 10.2. The number of aliphatic hydroxyl groups excluding tert-OH is 1. The van der Waals surface area contributed by atoms with Crippen LogP contribution in [0.5, 0.6) is 0 Å². The zero-order valence-electron chi connectivity index (χ0n) is 17.1. The van der Waals surface area contributed by atoms with Crippen LogP contribution in [-0.4, -0.2) is 58.4 Å². The molecule has 3 aliphatic carbocycles. The molecule has 2 saturated carbocycles. The summed E-state index contributed by atoms with van der Waals surface area (Å²) in [5.41, 5.74) is -2.30. The summed E-state index contributed by atoms with van der Waals surface area (Å²) in [6.07, 6.45) is 7.09. The van der Waals surface area contributed by atoms with Gasteiger partial charge in [-0.2, -0.15) is 0 Å². The molecular weight excluding hydrogens is 358 g/mol. The van der Waals surface area contributed by atoms with E-state index in [0.717, 1.165) is 19.3 Å². The van der Waals surface area contributed by atoms with Gasteiger partial charge in [-0.1, -0.05) is 32.4 Å². The Morgan fingerprint density at radius 3 is 2.64 bits per heavy atom. The maximum Gasteiger partial charge on any atom is 0.242 e. The number of carbonyl (C=O) groups excluding carboxylic acids is 2. The van der Waals surface area contributed by atoms with Crippen LogP contribution >= 0.6 is 0 Å². The van der Waals surface area contributed by atoms with Gasteiger partial charge in [0.05, 0.1) is 12.7 Å². The number of Topliss-reactive ketones (excluding diaryl/α,β-unsaturated/α-hetero) is 1. The number of allylic oxidation sites excluding steroid dienone is 2. The van der Waals surface area contributed by atoms with Crippen molar-refractivity contribution in [2.75, 3.05) is 13.7 Å². The van der Waals surface area contributed by atoms with E-state index in [-0.39, 0.29) is 17.6 Å². The predicted molar refractivity (Wildman–Crippen MR) is 101 cm³/mol. The van der Waals surface area contributed by atoms with Gasteiger partial charge in [-0.25, -0.2) is 0 Å². The van der Waals surface area contributed by atoms with Crippen LogP contribution < -0.4 is 0 Å². The fourth-order valence-corrected chi connectivity index (χ4v) is 7.91. The number of likely N-dealkylation sites (N-methyl/N-ethyl adjacent to an activating group) is 1. The van der Waals surface area contributed by atoms with Gasteiger partial charge in [0.25, 0.3) is 0 Å². The zero-order valence-corrected chi connectivity index (χ0v) is 17.1. The van der Waals surface area contributed by atoms with E-state index in [1.807, 2.05) is 13.8 Å². The summed E-state index contributed by atoms with van der Waals surface area (Å²) >= 11 is 0. The van der Waals surface area contributed by atoms with Gasteiger partial charge in [-0.15, -0.1) is 0 Å². The van der Waals surface area contributed by atoms with Crippen LogP contribution in [0.2, 0.25) is 0 Å². The lowest BCUT2D eigenvalue weighted by atomic mass is 9.55. The molecule has 6 nitrogen and oxygen atoms in total. The molecule has 154 valence electrons. The van der Waals surface area contributed by atoms with E-state index in [4.69, 9.17) is 4.74 Å². The van der Waals surface area contributed by atoms with Crippen molar-refractivity contribution in [3.63, 3.8) is 0 Å². The highest BCUT2D eigenvalue weighted by Crippen LogP contribution is 2.72. The first kappa shape index (κ1) is 18.8. The molecule has 0 aromatic heterocycles. The Labute approximate surface area is 165 Å². The average molecular weight is 389 g/mol. The number of ether oxygens (including phenoxy) is 1. The third-order valence-corrected chi connectivity index (χ3v) is 9.11. The highest BCUT2D eigenvalue weighted by molar-refractivity contribution is 6.14. The van der Waals surface area contributed by atoms with Crippen LogP contribution in [-0.2, 0) is 14.3 Å². The molecule has 2 N–H and O–H groups in total. The van der Waals surface area contributed by atoms with Crippen molar-refractivity contribution < 1.29 is 24.5 Å². The average Bonchev–Trinajstić information content (AvgIpc) is 3.07. The second kappa shape index (κ2) is 5.46. The molecule has 4 fully saturated rings. The molecule has 2 heterocycles. The lowest BCUT2D eigenvalue weighted by molar-refractivity contribution is -0.240. The van der Waals surface area contributed by atoms with Crippen molar-refractivity contribution in [1.82, 2.24) is 4.90 Å². The molecule has 0 aromatic carbocycles. The maximum atomic E-state index is 14.2. The van der Waals surface area contributed by atoms with Crippen LogP contribution in [0.25, 0.3) is 0 Å². The number of carbonyl (C=O) groups is 2. The Balaban J connectivity index is 1.71. The van der Waals surface area contributed by atoms with Gasteiger partial charge >= 0.3 is 0 Å². The van der Waals surface area contributed by atoms with Crippen molar-refractivity contribution >= 4 is 11.7 Å². The fourth-order valence-electron chi connectivity index (χ4n) is 7.91. The van der Waals surface area contributed by atoms with Crippen molar-refractivity contribution in [2.24, 2.45) is 40.4 Å². The minimum absolute atomic E-state index is 0.131. The summed E-state index contributed by atoms with van der Waals surface area (Å²) in [6.45, 7) is 5.70. The molecular formula is C22H31NO5. The second-order valence-corrected chi connectivity index (χ2v) is 10.2. The largest absolute Gasteiger partial charge is 0.394 e. The summed E-state index contributed by atoms with van der Waals surface area (Å²) in [7, 11) is 1.55. The van der Waals surface area contributed by atoms with Crippen molar-refractivity contribution in [3.8, 4) is 0 Å². The van der Waals surface area contributed by atoms with E-state index in [1.165, 1.54) is 4.90 Å². The van der Waals surface area contributed by atoms with Gasteiger partial charge in [-0.05, 0) is 43.4 Å². The maximum absolute atomic E-state index is 14.2. The van der Waals surface area contributed by atoms with Crippen molar-refractivity contribution in [1.29, 1.82) is 0 Å². The molecule has 2 saturated heterocycles. The van der Waals surface area contributed by atoms with Gasteiger partial charge in [0.1, 0.15) is 6.04 Å². The number of rotatable bonds is 1. The Bertz CT molecular complexity index is 781. The molecule has 1 spiro atoms. The molecule has 0 unspecified atom stereocenters. The number of hydrogen-bond donors (Lipinski definition) is 2. The first-order chi connectivity index (χ1) is 13.2. The third kappa shape index (κ3) is 1.70. The SMILES string of the molecule is C[C@@H]1CC[C@@H]2[C@H](C=C[C@H]3[C@@H]4[C@@H](C)O[C@@]5(O)[C@@H](CO)N(C)C(=O)[C@@]45C(=O)[C@@]23C)C1. The fraction of sp³-hybridized carbons (Fsp3) is 0.818. The topological polar surface area (TPSA) is 87.1 Å². The van der Waals surface area contributed by atoms with Crippen LogP contribution in [0.15, 0.2) is 12.2 Å². The molecule has 0 radical (unpaired) electrons. The van der Waals surface area contributed by atoms with E-state index < -0.39 is 47.2 Å². The van der Waals surface area contributed by atoms with Crippen LogP contribution in [0.4, 0.5) is 0 Å². The van der Waals surface area contributed by atoms with Gasteiger partial charge < -0.3 is 19.8 Å². The summed E-state index contributed by atoms with van der Waals surface area (Å²) in [4.78, 5) is 29.1. The molecule has 5 rings (SSSR count). The van der Waals surface area contributed by atoms with Gasteiger partial charge in [0.2, 0.25) is 11.7 Å². The number of ketones is 1. The minimum Gasteiger partial charge on any atom is -0.394 e. The Morgan fingerprint density at radius 1 is 1.25 bits per heavy atom. The number of likely N-dealkylation sites (tertiary alicyclic amines) is 1. The summed E-state index contributed by atoms with van der Waals surface area (Å²) < 4.78 is 5.97. The molecule has 10 atom stereocenters. The standard InChI is InChI=1S/C22H31NO5/c1-11-5-7-14-13(9-11)6-8-15-17-12(2)28-22(27)16(10-24)23(4)19(26)21(17,22)18(25)20(14,15)3/h6,8,11-17,24,27H,5,7,9-10H2,1-4H3/t11-,12-,13-,14-,15+,16-,17+,20+,21+,22+/m1/s1. The third-order valence-electron chi connectivity index (χ3n) is 9.11. The van der Waals surface area contributed by atoms with Crippen LogP contribution in [0, 0.1) is 40.4 Å². The van der Waals surface area contributed by atoms with E-state index in [9.17, 15) is 19.8 Å². The zero-order chi connectivity index (χ0) is 20.2. The van der Waals surface area contributed by atoms with Crippen LogP contribution in [0.3, 0.4) is 0 Å². The smallest absolute Gasteiger partial charge is 0.242 e. The number of fused-ring (bicyclic) bond motifs is 4. The highest BCUT2D eigenvalue weighted by atomic mass is 16.6. The first-order valence-corrected chi connectivity index (χ1v) is 10.7. The lowest BCUT2D eigenvalue weighted by Crippen LogP contribution is -2.58. The minimum atomic E-state index is -1.97. The highest BCUT2D eigenvalue weighted by Gasteiger charge is 2.87. The molecule has 2 aliphatic heterocycles. The van der Waals surface area contributed by atoms with Crippen molar-refractivity contribution in [2.45, 2.75) is 58.0 Å². The molecule has 28 heavy (non-hydrogen) atoms. The molecule has 6 heteroatoms. The van der Waals surface area contributed by atoms with Crippen LogP contribution in [0.1, 0.15) is 40.0 Å². The summed E-state index contributed by atoms with van der Waals surface area (Å²) in [5, 5.41) is 21.6. The first-order valence-electron chi connectivity index (χ1n) is 10.7. The van der Waals surface area contributed by atoms with E-state index >= 15 is 0 Å². The van der Waals surface area contributed by atoms with Gasteiger partial charge in [0, 0.05) is 18.4 Å². The van der Waals surface area contributed by atoms with E-state index in [0.29, 0.717) is 11.8 Å². The van der Waals surface area contributed by atoms with E-state index in [2.05, 4.69) is 19.1 Å². The lowest BCUT2D eigenvalue weighted by Gasteiger charge is -2.49. The molecule has 0 aromatic rings. The number of nitrogens with zero attached hydrogens (tertiary/aromatic N) is 1. The molecule has 0 bridgehead atoms. The normalized spacial score (nSPS) is 57.2. The van der Waals surface area contributed by atoms with E-state index in [1.54, 1.807) is 7.05 Å². The monoisotopic (exact) mass is 389 g/mol. The number of hydrogen-bond acceptors (Lipinski definition) is 5. The molecule has 1 amide bonds. The molecule has 5 aliphatic rings. The Morgan fingerprint density at radius 2 is 1.96 bits per heavy atom. The quantitative estimate of drug-likeness (QED) is 0.522. The predicted octanol–water partition coefficient (Wildman–Crippen LogP) is 1.36. The van der Waals surface area contributed by atoms with Gasteiger partial charge in [0.15, 0.2) is 11.2 Å². The van der Waals surface area contributed by atoms with Crippen molar-refractivity contribution in [3.05, 3.63) is 12.2 Å². The summed E-state index contributed by atoms with van der Waals surface area (Å²) in [5.74, 6) is -1.89. The number of aliphatic hydroxyl groups is 2. The van der Waals surface area contributed by atoms with Gasteiger partial charge in [-0.3, -0.25) is 9.59 Å². The Hall–Kier alpha value is -1.24.